The molecule has 2 N–H and O–H groups in total. The van der Waals surface area contributed by atoms with Gasteiger partial charge in [0.25, 0.3) is 0 Å². The number of piperidine rings is 1. The number of nitrogens with one attached hydrogen (secondary N) is 2. The van der Waals surface area contributed by atoms with Crippen molar-refractivity contribution in [1.29, 1.82) is 0 Å². The van der Waals surface area contributed by atoms with Gasteiger partial charge in [-0.3, -0.25) is 4.99 Å². The minimum atomic E-state index is 0.315. The fourth-order valence-corrected chi connectivity index (χ4v) is 3.73. The number of fused-ring (bicyclic) bond motifs is 1. The Balaban J connectivity index is 1.45. The van der Waals surface area contributed by atoms with Gasteiger partial charge in [0, 0.05) is 39.3 Å². The molecule has 1 aliphatic rings. The Morgan fingerprint density at radius 3 is 2.64 bits per heavy atom. The molecule has 5 heteroatoms. The number of aliphatic imine (C=N–C) groups is 1. The molecule has 0 unspecified atom stereocenters. The molecule has 0 amide bonds. The zero-order chi connectivity index (χ0) is 19.8. The fraction of sp³-hybridized carbons (Fsp3) is 0.522. The van der Waals surface area contributed by atoms with Crippen molar-refractivity contribution >= 4 is 16.7 Å². The maximum atomic E-state index is 5.67. The van der Waals surface area contributed by atoms with E-state index in [2.05, 4.69) is 76.8 Å². The third-order valence-electron chi connectivity index (χ3n) is 5.34. The monoisotopic (exact) mass is 382 g/mol. The summed E-state index contributed by atoms with van der Waals surface area (Å²) in [5, 5.41) is 9.66. The van der Waals surface area contributed by atoms with Crippen molar-refractivity contribution < 1.29 is 4.74 Å². The van der Waals surface area contributed by atoms with E-state index in [9.17, 15) is 0 Å². The lowest BCUT2D eigenvalue weighted by Crippen LogP contribution is -2.49. The molecule has 2 aromatic rings. The molecule has 3 rings (SSSR count). The first-order chi connectivity index (χ1) is 13.7. The minimum Gasteiger partial charge on any atom is -0.377 e. The van der Waals surface area contributed by atoms with Crippen LogP contribution in [0.25, 0.3) is 10.8 Å². The molecule has 0 radical (unpaired) electrons. The van der Waals surface area contributed by atoms with Crippen LogP contribution in [0.2, 0.25) is 0 Å². The van der Waals surface area contributed by atoms with Crippen molar-refractivity contribution in [3.05, 3.63) is 48.0 Å². The van der Waals surface area contributed by atoms with Crippen LogP contribution < -0.4 is 10.6 Å². The number of guanidine groups is 1. The average molecular weight is 383 g/mol. The summed E-state index contributed by atoms with van der Waals surface area (Å²) in [4.78, 5) is 6.92. The number of ether oxygens (including phenoxy) is 1. The molecule has 2 aromatic carbocycles. The summed E-state index contributed by atoms with van der Waals surface area (Å²) >= 11 is 0. The third-order valence-corrected chi connectivity index (χ3v) is 5.34. The number of hydrogen-bond donors (Lipinski definition) is 2. The van der Waals surface area contributed by atoms with Crippen molar-refractivity contribution in [2.24, 2.45) is 4.99 Å². The summed E-state index contributed by atoms with van der Waals surface area (Å²) in [7, 11) is 1.84. The number of hydrogen-bond acceptors (Lipinski definition) is 3. The highest BCUT2D eigenvalue weighted by Crippen LogP contribution is 2.18. The van der Waals surface area contributed by atoms with Gasteiger partial charge in [0.05, 0.1) is 12.7 Å². The average Bonchev–Trinajstić information content (AvgIpc) is 2.72. The smallest absolute Gasteiger partial charge is 0.191 e. The second-order valence-corrected chi connectivity index (χ2v) is 7.74. The Morgan fingerprint density at radius 2 is 1.89 bits per heavy atom. The van der Waals surface area contributed by atoms with E-state index < -0.39 is 0 Å². The van der Waals surface area contributed by atoms with Gasteiger partial charge < -0.3 is 20.3 Å². The molecule has 1 heterocycles. The lowest BCUT2D eigenvalue weighted by molar-refractivity contribution is 0.0532. The summed E-state index contributed by atoms with van der Waals surface area (Å²) in [6, 6.07) is 15.5. The normalized spacial score (nSPS) is 16.6. The fourth-order valence-electron chi connectivity index (χ4n) is 3.73. The van der Waals surface area contributed by atoms with Crippen LogP contribution >= 0.6 is 0 Å². The van der Waals surface area contributed by atoms with Crippen molar-refractivity contribution in [2.45, 2.75) is 45.4 Å². The van der Waals surface area contributed by atoms with Crippen molar-refractivity contribution in [1.82, 2.24) is 15.5 Å². The maximum Gasteiger partial charge on any atom is 0.191 e. The van der Waals surface area contributed by atoms with Crippen LogP contribution in [0.5, 0.6) is 0 Å². The molecule has 0 atom stereocenters. The van der Waals surface area contributed by atoms with Crippen LogP contribution in [0.4, 0.5) is 0 Å². The Labute approximate surface area is 169 Å². The lowest BCUT2D eigenvalue weighted by Gasteiger charge is -2.33. The molecule has 0 spiro atoms. The lowest BCUT2D eigenvalue weighted by atomic mass is 10.0. The first kappa shape index (κ1) is 20.6. The van der Waals surface area contributed by atoms with Crippen LogP contribution in [0.1, 0.15) is 32.3 Å². The van der Waals surface area contributed by atoms with Gasteiger partial charge in [0.15, 0.2) is 5.96 Å². The second-order valence-electron chi connectivity index (χ2n) is 7.74. The quantitative estimate of drug-likeness (QED) is 0.569. The number of benzene rings is 2. The summed E-state index contributed by atoms with van der Waals surface area (Å²) in [6.45, 7) is 9.02. The Hall–Kier alpha value is -2.11. The SMILES string of the molecule is CN=C(NCc1cccc2ccccc12)NC1CCN(CCOC(C)C)CC1. The molecule has 1 fully saturated rings. The molecule has 0 aliphatic carbocycles. The molecule has 0 saturated carbocycles. The van der Waals surface area contributed by atoms with Crippen molar-refractivity contribution in [3.63, 3.8) is 0 Å². The second kappa shape index (κ2) is 10.4. The van der Waals surface area contributed by atoms with Gasteiger partial charge in [0.2, 0.25) is 0 Å². The zero-order valence-corrected chi connectivity index (χ0v) is 17.4. The van der Waals surface area contributed by atoms with Gasteiger partial charge >= 0.3 is 0 Å². The molecule has 1 saturated heterocycles. The van der Waals surface area contributed by atoms with Gasteiger partial charge in [-0.15, -0.1) is 0 Å². The Bertz CT molecular complexity index is 761. The number of likely N-dealkylation sites (tertiary alicyclic amines) is 1. The molecular formula is C23H34N4O. The third kappa shape index (κ3) is 5.94. The molecule has 28 heavy (non-hydrogen) atoms. The van der Waals surface area contributed by atoms with E-state index in [0.29, 0.717) is 12.1 Å². The molecular weight excluding hydrogens is 348 g/mol. The largest absolute Gasteiger partial charge is 0.377 e. The molecule has 0 bridgehead atoms. The highest BCUT2D eigenvalue weighted by molar-refractivity contribution is 5.86. The minimum absolute atomic E-state index is 0.315. The Morgan fingerprint density at radius 1 is 1.14 bits per heavy atom. The van der Waals surface area contributed by atoms with Crippen LogP contribution in [-0.2, 0) is 11.3 Å². The molecule has 0 aromatic heterocycles. The first-order valence-corrected chi connectivity index (χ1v) is 10.4. The molecule has 1 aliphatic heterocycles. The predicted octanol–water partition coefficient (Wildman–Crippen LogP) is 3.39. The van der Waals surface area contributed by atoms with Gasteiger partial charge in [-0.25, -0.2) is 0 Å². The molecule has 152 valence electrons. The van der Waals surface area contributed by atoms with Gasteiger partial charge in [0.1, 0.15) is 0 Å². The number of nitrogens with zero attached hydrogens (tertiary/aromatic N) is 2. The maximum absolute atomic E-state index is 5.67. The predicted molar refractivity (Wildman–Crippen MR) is 118 cm³/mol. The van der Waals surface area contributed by atoms with E-state index in [1.807, 2.05) is 7.05 Å². The van der Waals surface area contributed by atoms with Crippen molar-refractivity contribution in [3.8, 4) is 0 Å². The topological polar surface area (TPSA) is 48.9 Å². The Kier molecular flexibility index (Phi) is 7.69. The molecule has 5 nitrogen and oxygen atoms in total. The number of rotatable bonds is 7. The highest BCUT2D eigenvalue weighted by Gasteiger charge is 2.19. The van der Waals surface area contributed by atoms with E-state index in [1.165, 1.54) is 16.3 Å². The van der Waals surface area contributed by atoms with E-state index >= 15 is 0 Å². The van der Waals surface area contributed by atoms with Gasteiger partial charge in [-0.2, -0.15) is 0 Å². The van der Waals surface area contributed by atoms with E-state index in [0.717, 1.165) is 51.6 Å². The standard InChI is InChI=1S/C23H34N4O/c1-18(2)28-16-15-27-13-11-21(12-14-27)26-23(24-3)25-17-20-9-6-8-19-7-4-5-10-22(19)20/h4-10,18,21H,11-17H2,1-3H3,(H2,24,25,26). The van der Waals surface area contributed by atoms with Crippen LogP contribution in [0, 0.1) is 0 Å². The van der Waals surface area contributed by atoms with Crippen LogP contribution in [0.15, 0.2) is 47.5 Å². The summed E-state index contributed by atoms with van der Waals surface area (Å²) in [6.07, 6.45) is 2.59. The summed E-state index contributed by atoms with van der Waals surface area (Å²) in [5.41, 5.74) is 1.29. The van der Waals surface area contributed by atoms with Gasteiger partial charge in [-0.1, -0.05) is 42.5 Å². The van der Waals surface area contributed by atoms with E-state index in [4.69, 9.17) is 4.74 Å². The van der Waals surface area contributed by atoms with Crippen molar-refractivity contribution in [2.75, 3.05) is 33.3 Å². The summed E-state index contributed by atoms with van der Waals surface area (Å²) in [5.74, 6) is 0.884. The van der Waals surface area contributed by atoms with E-state index in [1.54, 1.807) is 0 Å². The summed E-state index contributed by atoms with van der Waals surface area (Å²) < 4.78 is 5.67. The zero-order valence-electron chi connectivity index (χ0n) is 17.4. The van der Waals surface area contributed by atoms with E-state index in [-0.39, 0.29) is 0 Å². The van der Waals surface area contributed by atoms with Gasteiger partial charge in [-0.05, 0) is 43.0 Å². The van der Waals surface area contributed by atoms with Crippen LogP contribution in [0.3, 0.4) is 0 Å². The first-order valence-electron chi connectivity index (χ1n) is 10.4. The van der Waals surface area contributed by atoms with Crippen LogP contribution in [-0.4, -0.2) is 56.3 Å². The highest BCUT2D eigenvalue weighted by atomic mass is 16.5.